The van der Waals surface area contributed by atoms with Crippen LogP contribution in [-0.2, 0) is 4.74 Å². The van der Waals surface area contributed by atoms with Crippen LogP contribution in [0.25, 0.3) is 0 Å². The molecule has 5 heteroatoms. The third-order valence-corrected chi connectivity index (χ3v) is 4.48. The summed E-state index contributed by atoms with van der Waals surface area (Å²) in [5.74, 6) is 1.64. The maximum Gasteiger partial charge on any atom is 0.191 e. The van der Waals surface area contributed by atoms with Crippen molar-refractivity contribution in [2.45, 2.75) is 59.6 Å². The molecule has 2 N–H and O–H groups in total. The maximum atomic E-state index is 5.60. The van der Waals surface area contributed by atoms with E-state index >= 15 is 0 Å². The molecule has 23 heavy (non-hydrogen) atoms. The second kappa shape index (κ2) is 9.48. The largest absolute Gasteiger partial charge is 0.379 e. The van der Waals surface area contributed by atoms with E-state index in [4.69, 9.17) is 4.74 Å². The molecule has 1 aliphatic heterocycles. The Hall–Kier alpha value is -0.810. The van der Waals surface area contributed by atoms with Crippen molar-refractivity contribution in [1.82, 2.24) is 15.5 Å². The van der Waals surface area contributed by atoms with Crippen molar-refractivity contribution in [2.75, 3.05) is 40.3 Å². The summed E-state index contributed by atoms with van der Waals surface area (Å²) < 4.78 is 5.60. The van der Waals surface area contributed by atoms with Crippen LogP contribution in [-0.4, -0.2) is 63.3 Å². The molecule has 0 amide bonds. The zero-order valence-corrected chi connectivity index (χ0v) is 16.3. The van der Waals surface area contributed by atoms with Gasteiger partial charge in [-0.2, -0.15) is 0 Å². The highest BCUT2D eigenvalue weighted by Gasteiger charge is 2.25. The van der Waals surface area contributed by atoms with Crippen LogP contribution in [0.3, 0.4) is 0 Å². The molecule has 0 aromatic rings. The summed E-state index contributed by atoms with van der Waals surface area (Å²) in [5, 5.41) is 6.99. The zero-order chi connectivity index (χ0) is 17.5. The number of rotatable bonds is 6. The monoisotopic (exact) mass is 326 g/mol. The summed E-state index contributed by atoms with van der Waals surface area (Å²) in [5.41, 5.74) is 0.114. The molecule has 0 aromatic carbocycles. The molecule has 0 aromatic heterocycles. The average Bonchev–Trinajstić information content (AvgIpc) is 2.46. The summed E-state index contributed by atoms with van der Waals surface area (Å²) in [6.45, 7) is 15.5. The van der Waals surface area contributed by atoms with Gasteiger partial charge in [-0.15, -0.1) is 0 Å². The Morgan fingerprint density at radius 2 is 1.87 bits per heavy atom. The normalized spacial score (nSPS) is 19.9. The molecule has 0 radical (unpaired) electrons. The van der Waals surface area contributed by atoms with E-state index in [0.717, 1.165) is 18.4 Å². The van der Waals surface area contributed by atoms with Crippen molar-refractivity contribution in [1.29, 1.82) is 0 Å². The lowest BCUT2D eigenvalue weighted by Crippen LogP contribution is -2.51. The Bertz CT molecular complexity index is 355. The van der Waals surface area contributed by atoms with Crippen molar-refractivity contribution in [3.05, 3.63) is 0 Å². The standard InChI is InChI=1S/C18H38N4O/c1-14(2)13-22-10-8-15(9-11-22)21-17(19-6)20-12-16(23-7)18(3,4)5/h14-16H,8-13H2,1-7H3,(H2,19,20,21). The van der Waals surface area contributed by atoms with Crippen LogP contribution in [0, 0.1) is 11.3 Å². The topological polar surface area (TPSA) is 48.9 Å². The Morgan fingerprint density at radius 3 is 2.30 bits per heavy atom. The number of hydrogen-bond acceptors (Lipinski definition) is 3. The van der Waals surface area contributed by atoms with Gasteiger partial charge in [-0.3, -0.25) is 4.99 Å². The van der Waals surface area contributed by atoms with Crippen molar-refractivity contribution in [3.63, 3.8) is 0 Å². The number of aliphatic imine (C=N–C) groups is 1. The lowest BCUT2D eigenvalue weighted by atomic mass is 9.89. The summed E-state index contributed by atoms with van der Waals surface area (Å²) in [6, 6.07) is 0.514. The van der Waals surface area contributed by atoms with Gasteiger partial charge in [0, 0.05) is 46.4 Å². The van der Waals surface area contributed by atoms with E-state index in [2.05, 4.69) is 55.1 Å². The van der Waals surface area contributed by atoms with Crippen LogP contribution in [0.15, 0.2) is 4.99 Å². The highest BCUT2D eigenvalue weighted by Crippen LogP contribution is 2.21. The van der Waals surface area contributed by atoms with Gasteiger partial charge >= 0.3 is 0 Å². The first kappa shape index (κ1) is 20.2. The van der Waals surface area contributed by atoms with Gasteiger partial charge in [0.1, 0.15) is 0 Å². The summed E-state index contributed by atoms with van der Waals surface area (Å²) in [7, 11) is 3.61. The maximum absolute atomic E-state index is 5.60. The Labute approximate surface area is 143 Å². The van der Waals surface area contributed by atoms with Gasteiger partial charge in [0.05, 0.1) is 6.10 Å². The van der Waals surface area contributed by atoms with E-state index in [-0.39, 0.29) is 11.5 Å². The first-order valence-corrected chi connectivity index (χ1v) is 8.98. The highest BCUT2D eigenvalue weighted by atomic mass is 16.5. The number of piperidine rings is 1. The molecule has 1 heterocycles. The Kier molecular flexibility index (Phi) is 8.34. The predicted molar refractivity (Wildman–Crippen MR) is 99.0 cm³/mol. The molecule has 0 aliphatic carbocycles. The van der Waals surface area contributed by atoms with Gasteiger partial charge in [0.2, 0.25) is 0 Å². The molecule has 1 saturated heterocycles. The van der Waals surface area contributed by atoms with E-state index in [1.54, 1.807) is 7.11 Å². The Morgan fingerprint density at radius 1 is 1.26 bits per heavy atom. The minimum Gasteiger partial charge on any atom is -0.379 e. The van der Waals surface area contributed by atoms with E-state index in [1.165, 1.54) is 32.5 Å². The first-order chi connectivity index (χ1) is 10.8. The van der Waals surface area contributed by atoms with Crippen molar-refractivity contribution >= 4 is 5.96 Å². The van der Waals surface area contributed by atoms with Crippen molar-refractivity contribution < 1.29 is 4.74 Å². The van der Waals surface area contributed by atoms with Gasteiger partial charge in [0.25, 0.3) is 0 Å². The number of nitrogens with one attached hydrogen (secondary N) is 2. The van der Waals surface area contributed by atoms with E-state index < -0.39 is 0 Å². The molecule has 0 bridgehead atoms. The van der Waals surface area contributed by atoms with Gasteiger partial charge in [-0.1, -0.05) is 34.6 Å². The summed E-state index contributed by atoms with van der Waals surface area (Å²) in [4.78, 5) is 6.93. The number of guanidine groups is 1. The minimum absolute atomic E-state index is 0.114. The molecular formula is C18H38N4O. The molecule has 5 nitrogen and oxygen atoms in total. The second-order valence-electron chi connectivity index (χ2n) is 8.16. The summed E-state index contributed by atoms with van der Waals surface area (Å²) in [6.07, 6.45) is 2.52. The first-order valence-electron chi connectivity index (χ1n) is 8.98. The van der Waals surface area contributed by atoms with Crippen LogP contribution in [0.5, 0.6) is 0 Å². The second-order valence-corrected chi connectivity index (χ2v) is 8.16. The average molecular weight is 327 g/mol. The number of nitrogens with zero attached hydrogens (tertiary/aromatic N) is 2. The number of hydrogen-bond donors (Lipinski definition) is 2. The molecule has 0 saturated carbocycles. The predicted octanol–water partition coefficient (Wildman–Crippen LogP) is 2.33. The fraction of sp³-hybridized carbons (Fsp3) is 0.944. The van der Waals surface area contributed by atoms with Crippen LogP contribution in [0.1, 0.15) is 47.5 Å². The van der Waals surface area contributed by atoms with Gasteiger partial charge < -0.3 is 20.3 Å². The number of methoxy groups -OCH3 is 1. The molecule has 136 valence electrons. The molecule has 1 aliphatic rings. The molecule has 1 atom stereocenters. The molecular weight excluding hydrogens is 288 g/mol. The lowest BCUT2D eigenvalue weighted by molar-refractivity contribution is 0.0204. The van der Waals surface area contributed by atoms with Crippen molar-refractivity contribution in [2.24, 2.45) is 16.3 Å². The van der Waals surface area contributed by atoms with Crippen LogP contribution < -0.4 is 10.6 Å². The molecule has 1 unspecified atom stereocenters. The van der Waals surface area contributed by atoms with Gasteiger partial charge in [-0.25, -0.2) is 0 Å². The Balaban J connectivity index is 2.38. The lowest BCUT2D eigenvalue weighted by Gasteiger charge is -2.34. The number of ether oxygens (including phenoxy) is 1. The van der Waals surface area contributed by atoms with Gasteiger partial charge in [-0.05, 0) is 24.2 Å². The van der Waals surface area contributed by atoms with Crippen LogP contribution in [0.4, 0.5) is 0 Å². The third kappa shape index (κ3) is 7.53. The van der Waals surface area contributed by atoms with Gasteiger partial charge in [0.15, 0.2) is 5.96 Å². The third-order valence-electron chi connectivity index (χ3n) is 4.48. The fourth-order valence-electron chi connectivity index (χ4n) is 3.10. The fourth-order valence-corrected chi connectivity index (χ4v) is 3.10. The summed E-state index contributed by atoms with van der Waals surface area (Å²) >= 11 is 0. The smallest absolute Gasteiger partial charge is 0.191 e. The van der Waals surface area contributed by atoms with E-state index in [1.807, 2.05) is 7.05 Å². The molecule has 1 fully saturated rings. The molecule has 0 spiro atoms. The minimum atomic E-state index is 0.114. The quantitative estimate of drug-likeness (QED) is 0.581. The zero-order valence-electron chi connectivity index (χ0n) is 16.3. The van der Waals surface area contributed by atoms with Crippen LogP contribution in [0.2, 0.25) is 0 Å². The molecule has 1 rings (SSSR count). The van der Waals surface area contributed by atoms with Crippen LogP contribution >= 0.6 is 0 Å². The SMILES string of the molecule is CN=C(NCC(OC)C(C)(C)C)NC1CCN(CC(C)C)CC1. The van der Waals surface area contributed by atoms with E-state index in [9.17, 15) is 0 Å². The number of likely N-dealkylation sites (tertiary alicyclic amines) is 1. The van der Waals surface area contributed by atoms with E-state index in [0.29, 0.717) is 6.04 Å². The highest BCUT2D eigenvalue weighted by molar-refractivity contribution is 5.80. The van der Waals surface area contributed by atoms with Crippen molar-refractivity contribution in [3.8, 4) is 0 Å².